The van der Waals surface area contributed by atoms with Crippen LogP contribution in [0.5, 0.6) is 0 Å². The molecule has 0 nitrogen and oxygen atoms in total. The van der Waals surface area contributed by atoms with Crippen LogP contribution >= 0.6 is 0 Å². The Hall–Kier alpha value is 0.730. The van der Waals surface area contributed by atoms with Gasteiger partial charge in [0.25, 0.3) is 21.2 Å². The Bertz CT molecular complexity index is 126. The first-order chi connectivity index (χ1) is 5.54. The fraction of sp³-hybridized carbons (Fsp3) is 1.00. The van der Waals surface area contributed by atoms with E-state index < -0.39 is 0 Å². The zero-order valence-corrected chi connectivity index (χ0v) is 11.0. The highest BCUT2D eigenvalue weighted by Gasteiger charge is 2.33. The van der Waals surface area contributed by atoms with Gasteiger partial charge in [-0.25, -0.2) is 0 Å². The zero-order chi connectivity index (χ0) is 9.19. The lowest BCUT2D eigenvalue weighted by molar-refractivity contribution is -0.666. The summed E-state index contributed by atoms with van der Waals surface area (Å²) in [6.07, 6.45) is 6.07. The first-order valence-corrected chi connectivity index (χ1v) is 8.42. The summed E-state index contributed by atoms with van der Waals surface area (Å²) in [7, 11) is 0. The molecule has 1 rings (SSSR count). The van der Waals surface area contributed by atoms with Crippen LogP contribution in [0.2, 0.25) is 0 Å². The molecule has 1 aliphatic carbocycles. The molecule has 72 valence electrons. The quantitative estimate of drug-likeness (QED) is 0.479. The third kappa shape index (κ3) is 2.90. The van der Waals surface area contributed by atoms with Gasteiger partial charge in [0.05, 0.1) is 0 Å². The molecule has 0 aliphatic heterocycles. The summed E-state index contributed by atoms with van der Waals surface area (Å²) in [5.41, 5.74) is 0.566. The van der Waals surface area contributed by atoms with Crippen molar-refractivity contribution in [2.24, 2.45) is 11.3 Å². The van der Waals surface area contributed by atoms with E-state index in [-0.39, 0.29) is 0 Å². The Labute approximate surface area is 87.8 Å². The number of rotatable bonds is 1. The van der Waals surface area contributed by atoms with Crippen molar-refractivity contribution < 1.29 is 21.2 Å². The van der Waals surface area contributed by atoms with Gasteiger partial charge >= 0.3 is 0 Å². The normalized spacial score (nSPS) is 32.0. The maximum absolute atomic E-state index is 2.45. The Morgan fingerprint density at radius 1 is 1.00 bits per heavy atom. The molecule has 1 aliphatic rings. The number of hydrogen-bond acceptors (Lipinski definition) is 0. The molecule has 1 fully saturated rings. The van der Waals surface area contributed by atoms with E-state index in [1.54, 1.807) is 0 Å². The van der Waals surface area contributed by atoms with Crippen molar-refractivity contribution in [3.05, 3.63) is 0 Å². The first kappa shape index (κ1) is 10.8. The van der Waals surface area contributed by atoms with Crippen molar-refractivity contribution in [1.29, 1.82) is 0 Å². The Balaban J connectivity index is 2.36. The number of halogens is 1. The minimum Gasteiger partial charge on any atom is -0.0599 e. The smallest absolute Gasteiger partial charge is 0.0599 e. The molecule has 0 N–H and O–H groups in total. The molecule has 0 radical (unpaired) electrons. The maximum Gasteiger partial charge on any atom is 0.268 e. The molecule has 0 atom stereocenters. The molecule has 0 aromatic heterocycles. The molecule has 0 aromatic carbocycles. The second kappa shape index (κ2) is 4.30. The van der Waals surface area contributed by atoms with Crippen LogP contribution in [0.1, 0.15) is 46.5 Å². The fourth-order valence-corrected chi connectivity index (χ4v) is 4.10. The van der Waals surface area contributed by atoms with Crippen LogP contribution < -0.4 is 21.2 Å². The molecule has 0 heterocycles. The fourth-order valence-electron chi connectivity index (χ4n) is 2.14. The van der Waals surface area contributed by atoms with Gasteiger partial charge in [-0.15, -0.1) is 0 Å². The van der Waals surface area contributed by atoms with Crippen molar-refractivity contribution >= 4 is 0 Å². The summed E-state index contributed by atoms with van der Waals surface area (Å²) in [6.45, 7) is 7.21. The largest absolute Gasteiger partial charge is 0.268 e. The molecular formula is C11H22I+. The molecule has 0 spiro atoms. The zero-order valence-electron chi connectivity index (χ0n) is 8.86. The Morgan fingerprint density at radius 3 is 1.83 bits per heavy atom. The summed E-state index contributed by atoms with van der Waals surface area (Å²) in [4.78, 5) is 2.45. The molecule has 0 aromatic rings. The lowest BCUT2D eigenvalue weighted by atomic mass is 9.72. The van der Waals surface area contributed by atoms with Gasteiger partial charge in [0.1, 0.15) is 4.93 Å². The van der Waals surface area contributed by atoms with Crippen LogP contribution in [0, 0.1) is 11.3 Å². The average Bonchev–Trinajstić information content (AvgIpc) is 2.03. The highest BCUT2D eigenvalue weighted by Crippen LogP contribution is 2.36. The van der Waals surface area contributed by atoms with Crippen molar-refractivity contribution in [2.45, 2.75) is 50.4 Å². The van der Waals surface area contributed by atoms with E-state index in [0.29, 0.717) is 26.6 Å². The second-order valence-electron chi connectivity index (χ2n) is 5.03. The summed E-state index contributed by atoms with van der Waals surface area (Å²) < 4.78 is 1.15. The Kier molecular flexibility index (Phi) is 3.87. The van der Waals surface area contributed by atoms with Crippen LogP contribution in [-0.4, -0.2) is 8.86 Å². The van der Waals surface area contributed by atoms with Gasteiger partial charge in [-0.1, -0.05) is 20.8 Å². The van der Waals surface area contributed by atoms with E-state index >= 15 is 0 Å². The highest BCUT2D eigenvalue weighted by atomic mass is 127. The van der Waals surface area contributed by atoms with Crippen LogP contribution in [0.4, 0.5) is 0 Å². The van der Waals surface area contributed by atoms with E-state index in [4.69, 9.17) is 0 Å². The second-order valence-corrected chi connectivity index (χ2v) is 8.04. The van der Waals surface area contributed by atoms with Gasteiger partial charge < -0.3 is 0 Å². The molecule has 0 bridgehead atoms. The monoisotopic (exact) mass is 281 g/mol. The summed E-state index contributed by atoms with van der Waals surface area (Å²) in [5.74, 6) is 1.00. The van der Waals surface area contributed by atoms with Gasteiger partial charge in [0, 0.05) is 0 Å². The predicted octanol–water partition coefficient (Wildman–Crippen LogP) is 0.310. The number of hydrogen-bond donors (Lipinski definition) is 0. The van der Waals surface area contributed by atoms with E-state index in [1.165, 1.54) is 25.7 Å². The molecule has 1 heteroatoms. The average molecular weight is 281 g/mol. The standard InChI is InChI=1S/C11H22I/c1-11(2,3)9-5-7-10(12-4)8-6-9/h9-10H,5-8H2,1-4H3/q+1. The van der Waals surface area contributed by atoms with E-state index in [9.17, 15) is 0 Å². The lowest BCUT2D eigenvalue weighted by Gasteiger charge is -2.34. The van der Waals surface area contributed by atoms with Crippen molar-refractivity contribution in [1.82, 2.24) is 0 Å². The third-order valence-corrected chi connectivity index (χ3v) is 6.20. The third-order valence-electron chi connectivity index (χ3n) is 3.19. The van der Waals surface area contributed by atoms with E-state index in [2.05, 4.69) is 25.7 Å². The molecule has 1 saturated carbocycles. The SMILES string of the molecule is C[I+]C1CCC(C(C)(C)C)CC1. The predicted molar refractivity (Wildman–Crippen MR) is 51.1 cm³/mol. The van der Waals surface area contributed by atoms with Crippen LogP contribution in [0.3, 0.4) is 0 Å². The summed E-state index contributed by atoms with van der Waals surface area (Å²) in [6, 6.07) is 0. The number of alkyl halides is 2. The van der Waals surface area contributed by atoms with Crippen LogP contribution in [0.15, 0.2) is 0 Å². The van der Waals surface area contributed by atoms with E-state index in [0.717, 1.165) is 9.84 Å². The Morgan fingerprint density at radius 2 is 1.50 bits per heavy atom. The van der Waals surface area contributed by atoms with Gasteiger partial charge in [0.2, 0.25) is 0 Å². The molecule has 0 saturated heterocycles. The minimum absolute atomic E-state index is 0.530. The van der Waals surface area contributed by atoms with Gasteiger partial charge in [-0.05, 0) is 37.0 Å². The van der Waals surface area contributed by atoms with Crippen LogP contribution in [0.25, 0.3) is 0 Å². The molecule has 12 heavy (non-hydrogen) atoms. The van der Waals surface area contributed by atoms with Gasteiger partial charge in [-0.2, -0.15) is 0 Å². The van der Waals surface area contributed by atoms with Crippen molar-refractivity contribution in [2.75, 3.05) is 4.93 Å². The minimum atomic E-state index is 0.530. The topological polar surface area (TPSA) is 0 Å². The lowest BCUT2D eigenvalue weighted by Crippen LogP contribution is -3.64. The van der Waals surface area contributed by atoms with Crippen LogP contribution in [-0.2, 0) is 0 Å². The van der Waals surface area contributed by atoms with Crippen molar-refractivity contribution in [3.63, 3.8) is 0 Å². The van der Waals surface area contributed by atoms with Gasteiger partial charge in [0.15, 0.2) is 3.92 Å². The maximum atomic E-state index is 2.45. The molecular weight excluding hydrogens is 259 g/mol. The summed E-state index contributed by atoms with van der Waals surface area (Å²) in [5, 5.41) is 0. The highest BCUT2D eigenvalue weighted by molar-refractivity contribution is 4.79. The molecule has 0 unspecified atom stereocenters. The van der Waals surface area contributed by atoms with Crippen molar-refractivity contribution in [3.8, 4) is 0 Å². The van der Waals surface area contributed by atoms with E-state index in [1.807, 2.05) is 0 Å². The van der Waals surface area contributed by atoms with Gasteiger partial charge in [-0.3, -0.25) is 0 Å². The summed E-state index contributed by atoms with van der Waals surface area (Å²) >= 11 is 0.530. The first-order valence-electron chi connectivity index (χ1n) is 5.02. The molecule has 0 amide bonds.